The van der Waals surface area contributed by atoms with Crippen LogP contribution in [0.1, 0.15) is 0 Å². The van der Waals surface area contributed by atoms with Crippen molar-refractivity contribution in [2.24, 2.45) is 0 Å². The molecule has 0 saturated carbocycles. The van der Waals surface area contributed by atoms with Gasteiger partial charge in [-0.3, -0.25) is 0 Å². The first-order valence-electron chi connectivity index (χ1n) is 6.27. The molecule has 0 unspecified atom stereocenters. The molecular weight excluding hydrogens is 288 g/mol. The molecule has 6 heteroatoms. The molecule has 2 aromatic rings. The minimum absolute atomic E-state index is 0.462. The number of carbonyl (C=O) groups excluding carboxylic acids is 2. The lowest BCUT2D eigenvalue weighted by Gasteiger charge is -2.04. The van der Waals surface area contributed by atoms with Crippen molar-refractivity contribution in [2.45, 2.75) is 0 Å². The quantitative estimate of drug-likeness (QED) is 0.623. The molecule has 0 spiro atoms. The zero-order valence-corrected chi connectivity index (χ0v) is 12.2. The number of hydrogen-bond donors (Lipinski definition) is 0. The van der Waals surface area contributed by atoms with Crippen molar-refractivity contribution in [3.05, 3.63) is 60.7 Å². The second-order valence-electron chi connectivity index (χ2n) is 3.74. The van der Waals surface area contributed by atoms with Crippen LogP contribution in [-0.2, 0) is 9.47 Å². The van der Waals surface area contributed by atoms with Crippen molar-refractivity contribution < 1.29 is 28.5 Å². The zero-order chi connectivity index (χ0) is 16.2. The molecule has 0 radical (unpaired) electrons. The highest BCUT2D eigenvalue weighted by Gasteiger charge is 2.06. The summed E-state index contributed by atoms with van der Waals surface area (Å²) in [4.78, 5) is 21.1. The predicted molar refractivity (Wildman–Crippen MR) is 79.0 cm³/mol. The molecule has 116 valence electrons. The van der Waals surface area contributed by atoms with Gasteiger partial charge in [-0.15, -0.1) is 0 Å². The number of rotatable bonds is 2. The molecular formula is C16H16O6. The summed E-state index contributed by atoms with van der Waals surface area (Å²) in [6, 6.07) is 17.6. The summed E-state index contributed by atoms with van der Waals surface area (Å²) in [5.74, 6) is 0.923. The Hall–Kier alpha value is -3.02. The minimum atomic E-state index is -0.739. The molecule has 0 amide bonds. The first-order valence-corrected chi connectivity index (χ1v) is 6.27. The first kappa shape index (κ1) is 17.0. The van der Waals surface area contributed by atoms with Gasteiger partial charge in [-0.2, -0.15) is 0 Å². The summed E-state index contributed by atoms with van der Waals surface area (Å²) in [7, 11) is 2.51. The van der Waals surface area contributed by atoms with Crippen molar-refractivity contribution in [3.8, 4) is 11.5 Å². The van der Waals surface area contributed by atoms with E-state index in [9.17, 15) is 9.59 Å². The smallest absolute Gasteiger partial charge is 0.438 e. The number of para-hydroxylation sites is 2. The molecule has 0 aliphatic heterocycles. The lowest BCUT2D eigenvalue weighted by Crippen LogP contribution is -2.13. The molecule has 0 saturated heterocycles. The Morgan fingerprint density at radius 1 is 0.636 bits per heavy atom. The number of ether oxygens (including phenoxy) is 4. The molecule has 0 heterocycles. The van der Waals surface area contributed by atoms with Gasteiger partial charge in [0.05, 0.1) is 14.2 Å². The third-order valence-electron chi connectivity index (χ3n) is 2.22. The third kappa shape index (κ3) is 6.95. The van der Waals surface area contributed by atoms with Crippen molar-refractivity contribution in [2.75, 3.05) is 14.2 Å². The summed E-state index contributed by atoms with van der Waals surface area (Å²) in [5, 5.41) is 0. The van der Waals surface area contributed by atoms with Gasteiger partial charge in [0.2, 0.25) is 0 Å². The van der Waals surface area contributed by atoms with Gasteiger partial charge in [-0.05, 0) is 24.3 Å². The van der Waals surface area contributed by atoms with Gasteiger partial charge in [-0.25, -0.2) is 9.59 Å². The third-order valence-corrected chi connectivity index (χ3v) is 2.22. The Morgan fingerprint density at radius 3 is 1.27 bits per heavy atom. The van der Waals surface area contributed by atoms with E-state index in [1.165, 1.54) is 14.2 Å². The normalized spacial score (nSPS) is 8.82. The van der Waals surface area contributed by atoms with Crippen LogP contribution in [0.15, 0.2) is 60.7 Å². The first-order chi connectivity index (χ1) is 10.7. The van der Waals surface area contributed by atoms with Gasteiger partial charge >= 0.3 is 12.3 Å². The van der Waals surface area contributed by atoms with Crippen LogP contribution in [0.3, 0.4) is 0 Å². The van der Waals surface area contributed by atoms with Crippen LogP contribution in [0.5, 0.6) is 11.5 Å². The van der Waals surface area contributed by atoms with E-state index in [2.05, 4.69) is 9.47 Å². The van der Waals surface area contributed by atoms with E-state index in [0.29, 0.717) is 11.5 Å². The summed E-state index contributed by atoms with van der Waals surface area (Å²) >= 11 is 0. The average molecular weight is 304 g/mol. The molecule has 22 heavy (non-hydrogen) atoms. The largest absolute Gasteiger partial charge is 0.519 e. The molecule has 0 N–H and O–H groups in total. The van der Waals surface area contributed by atoms with E-state index in [4.69, 9.17) is 9.47 Å². The SMILES string of the molecule is COC(=O)OC.O=C(Oc1ccccc1)Oc1ccccc1. The average Bonchev–Trinajstić information content (AvgIpc) is 2.56. The van der Waals surface area contributed by atoms with E-state index >= 15 is 0 Å². The minimum Gasteiger partial charge on any atom is -0.438 e. The Morgan fingerprint density at radius 2 is 1.00 bits per heavy atom. The second kappa shape index (κ2) is 9.82. The van der Waals surface area contributed by atoms with Crippen LogP contribution < -0.4 is 9.47 Å². The van der Waals surface area contributed by atoms with Gasteiger partial charge in [0.1, 0.15) is 11.5 Å². The molecule has 0 aromatic heterocycles. The highest BCUT2D eigenvalue weighted by atomic mass is 16.7. The van der Waals surface area contributed by atoms with Crippen molar-refractivity contribution in [1.82, 2.24) is 0 Å². The van der Waals surface area contributed by atoms with Gasteiger partial charge in [-0.1, -0.05) is 36.4 Å². The Labute approximate surface area is 128 Å². The molecule has 2 aromatic carbocycles. The summed E-state index contributed by atoms with van der Waals surface area (Å²) in [5.41, 5.74) is 0. The standard InChI is InChI=1S/C13H10O3.C3H6O3/c14-13(15-11-7-3-1-4-8-11)16-12-9-5-2-6-10-12;1-5-3(4)6-2/h1-10H;1-2H3. The molecule has 6 nitrogen and oxygen atoms in total. The Bertz CT molecular complexity index is 518. The van der Waals surface area contributed by atoms with E-state index < -0.39 is 12.3 Å². The molecule has 0 atom stereocenters. The van der Waals surface area contributed by atoms with Gasteiger partial charge < -0.3 is 18.9 Å². The van der Waals surface area contributed by atoms with Crippen LogP contribution in [0, 0.1) is 0 Å². The van der Waals surface area contributed by atoms with Crippen molar-refractivity contribution in [3.63, 3.8) is 0 Å². The molecule has 0 aliphatic rings. The fraction of sp³-hybridized carbons (Fsp3) is 0.125. The predicted octanol–water partition coefficient (Wildman–Crippen LogP) is 3.66. The Kier molecular flexibility index (Phi) is 7.60. The maximum Gasteiger partial charge on any atom is 0.519 e. The van der Waals surface area contributed by atoms with Crippen LogP contribution in [-0.4, -0.2) is 26.5 Å². The molecule has 0 aliphatic carbocycles. The van der Waals surface area contributed by atoms with Crippen LogP contribution in [0.4, 0.5) is 9.59 Å². The van der Waals surface area contributed by atoms with Crippen molar-refractivity contribution >= 4 is 12.3 Å². The number of carbonyl (C=O) groups is 2. The molecule has 0 fully saturated rings. The molecule has 2 rings (SSSR count). The number of hydrogen-bond acceptors (Lipinski definition) is 6. The highest BCUT2D eigenvalue weighted by molar-refractivity contribution is 5.66. The van der Waals surface area contributed by atoms with Gasteiger partial charge in [0.25, 0.3) is 0 Å². The van der Waals surface area contributed by atoms with Crippen LogP contribution in [0.2, 0.25) is 0 Å². The number of benzene rings is 2. The number of methoxy groups -OCH3 is 2. The fourth-order valence-electron chi connectivity index (χ4n) is 1.27. The maximum absolute atomic E-state index is 11.3. The monoisotopic (exact) mass is 304 g/mol. The van der Waals surface area contributed by atoms with E-state index in [1.54, 1.807) is 48.5 Å². The van der Waals surface area contributed by atoms with Gasteiger partial charge in [0, 0.05) is 0 Å². The fourth-order valence-corrected chi connectivity index (χ4v) is 1.27. The zero-order valence-electron chi connectivity index (χ0n) is 12.2. The highest BCUT2D eigenvalue weighted by Crippen LogP contribution is 2.12. The van der Waals surface area contributed by atoms with E-state index in [0.717, 1.165) is 0 Å². The summed E-state index contributed by atoms with van der Waals surface area (Å²) in [6.45, 7) is 0. The topological polar surface area (TPSA) is 71.1 Å². The second-order valence-corrected chi connectivity index (χ2v) is 3.74. The van der Waals surface area contributed by atoms with Crippen LogP contribution >= 0.6 is 0 Å². The van der Waals surface area contributed by atoms with Crippen LogP contribution in [0.25, 0.3) is 0 Å². The lowest BCUT2D eigenvalue weighted by atomic mass is 10.3. The molecule has 0 bridgehead atoms. The van der Waals surface area contributed by atoms with Gasteiger partial charge in [0.15, 0.2) is 0 Å². The summed E-state index contributed by atoms with van der Waals surface area (Å²) < 4.78 is 18.0. The maximum atomic E-state index is 11.3. The van der Waals surface area contributed by atoms with E-state index in [1.807, 2.05) is 12.1 Å². The Balaban J connectivity index is 0.000000346. The van der Waals surface area contributed by atoms with E-state index in [-0.39, 0.29) is 0 Å². The lowest BCUT2D eigenvalue weighted by molar-refractivity contribution is 0.0924. The summed E-state index contributed by atoms with van der Waals surface area (Å²) in [6.07, 6.45) is -1.40. The van der Waals surface area contributed by atoms with Crippen molar-refractivity contribution in [1.29, 1.82) is 0 Å².